The molecule has 0 radical (unpaired) electrons. The summed E-state index contributed by atoms with van der Waals surface area (Å²) in [5, 5.41) is 14.9. The van der Waals surface area contributed by atoms with Gasteiger partial charge in [-0.3, -0.25) is 34.0 Å². The Morgan fingerprint density at radius 2 is 1.43 bits per heavy atom. The van der Waals surface area contributed by atoms with E-state index in [1.54, 1.807) is 7.05 Å². The summed E-state index contributed by atoms with van der Waals surface area (Å²) in [5.74, 6) is -0.483. The first kappa shape index (κ1) is 29.2. The zero-order chi connectivity index (χ0) is 26.3. The minimum absolute atomic E-state index is 0.109. The number of carbonyl (C=O) groups is 3. The number of hydrogen-bond donors (Lipinski definition) is 3. The Morgan fingerprint density at radius 3 is 1.89 bits per heavy atom. The summed E-state index contributed by atoms with van der Waals surface area (Å²) in [6, 6.07) is 0.446. The number of aliphatic carboxylic acids is 1. The minimum Gasteiger partial charge on any atom is -0.480 e. The molecular formula is C23H42N8O4. The summed E-state index contributed by atoms with van der Waals surface area (Å²) in [6.45, 7) is 3.48. The number of rotatable bonds is 5. The summed E-state index contributed by atoms with van der Waals surface area (Å²) in [7, 11) is 11.5. The number of Topliss-reactive ketones (excluding diaryl/α,β-unsaturated/α-hetero) is 2. The van der Waals surface area contributed by atoms with E-state index in [2.05, 4.69) is 25.2 Å². The molecule has 4 fully saturated rings. The lowest BCUT2D eigenvalue weighted by Gasteiger charge is -2.19. The van der Waals surface area contributed by atoms with Crippen molar-refractivity contribution in [1.29, 1.82) is 0 Å². The van der Waals surface area contributed by atoms with Gasteiger partial charge in [-0.05, 0) is 61.5 Å². The summed E-state index contributed by atoms with van der Waals surface area (Å²) < 4.78 is 0. The van der Waals surface area contributed by atoms with Crippen LogP contribution in [0.4, 0.5) is 0 Å². The van der Waals surface area contributed by atoms with Gasteiger partial charge in [-0.25, -0.2) is 0 Å². The second-order valence-corrected chi connectivity index (χ2v) is 9.87. The van der Waals surface area contributed by atoms with Gasteiger partial charge in [-0.1, -0.05) is 0 Å². The average molecular weight is 495 g/mol. The van der Waals surface area contributed by atoms with Crippen LogP contribution in [-0.4, -0.2) is 158 Å². The van der Waals surface area contributed by atoms with Crippen LogP contribution >= 0.6 is 0 Å². The Bertz CT molecular complexity index is 798. The molecule has 4 aliphatic heterocycles. The highest BCUT2D eigenvalue weighted by Gasteiger charge is 2.44. The van der Waals surface area contributed by atoms with E-state index in [9.17, 15) is 14.4 Å². The fourth-order valence-corrected chi connectivity index (χ4v) is 5.71. The highest BCUT2D eigenvalue weighted by molar-refractivity contribution is 6.28. The molecule has 0 amide bonds. The fourth-order valence-electron chi connectivity index (χ4n) is 5.71. The molecule has 0 bridgehead atoms. The van der Waals surface area contributed by atoms with E-state index in [1.807, 2.05) is 45.0 Å². The van der Waals surface area contributed by atoms with Crippen molar-refractivity contribution < 1.29 is 24.3 Å². The number of carbonyl (C=O) groups excluding carboxylic acids is 2. The standard InChI is InChI=1S/C8H14N4O.C8H14N2O.C7H14N2O2/c1-10-6-3-4-12(2)8(6)7(13)5-11-9;1-9-4-3-6-8(9)7(11)5-10(6)2;1-8-5-3-4-9(2)6(5)7(10)11/h5-6,8,10H,3-4H2,1-2H3;6,8H,3-5H2,1-2H3;5-6,8H,3-4H2,1-2H3,(H,10,11). The minimum atomic E-state index is -0.732. The first-order valence-corrected chi connectivity index (χ1v) is 12.2. The lowest BCUT2D eigenvalue weighted by atomic mass is 10.1. The maximum absolute atomic E-state index is 11.4. The molecule has 4 rings (SSSR count). The Balaban J connectivity index is 0.000000186. The Hall–Kier alpha value is -2.05. The van der Waals surface area contributed by atoms with Crippen molar-refractivity contribution in [2.75, 3.05) is 68.5 Å². The quantitative estimate of drug-likeness (QED) is 0.225. The molecule has 12 heteroatoms. The van der Waals surface area contributed by atoms with Crippen LogP contribution in [0.1, 0.15) is 19.3 Å². The van der Waals surface area contributed by atoms with Gasteiger partial charge in [-0.2, -0.15) is 4.79 Å². The molecule has 35 heavy (non-hydrogen) atoms. The zero-order valence-electron chi connectivity index (χ0n) is 21.8. The second-order valence-electron chi connectivity index (χ2n) is 9.87. The zero-order valence-corrected chi connectivity index (χ0v) is 21.8. The van der Waals surface area contributed by atoms with Gasteiger partial charge in [0.25, 0.3) is 5.78 Å². The number of hydrogen-bond acceptors (Lipinski definition) is 9. The Morgan fingerprint density at radius 1 is 0.914 bits per heavy atom. The second kappa shape index (κ2) is 13.3. The van der Waals surface area contributed by atoms with Crippen LogP contribution in [0, 0.1) is 0 Å². The third kappa shape index (κ3) is 7.01. The van der Waals surface area contributed by atoms with E-state index in [-0.39, 0.29) is 36.0 Å². The third-order valence-electron chi connectivity index (χ3n) is 7.69. The molecule has 198 valence electrons. The lowest BCUT2D eigenvalue weighted by Crippen LogP contribution is -2.45. The van der Waals surface area contributed by atoms with Crippen molar-refractivity contribution in [2.45, 2.75) is 55.5 Å². The van der Waals surface area contributed by atoms with E-state index in [0.717, 1.165) is 45.1 Å². The van der Waals surface area contributed by atoms with Gasteiger partial charge >= 0.3 is 12.2 Å². The molecule has 4 saturated heterocycles. The number of carboxylic acids is 1. The van der Waals surface area contributed by atoms with Crippen molar-refractivity contribution in [3.63, 3.8) is 0 Å². The SMILES string of the molecule is CN1CC(=O)C2C1CCN2C.CNC1CCN(C)C1C(=O)C=[N+]=[N-].CNC1CCN(C)C1C(=O)O. The van der Waals surface area contributed by atoms with Gasteiger partial charge in [0.15, 0.2) is 5.78 Å². The van der Waals surface area contributed by atoms with Crippen LogP contribution in [-0.2, 0) is 14.4 Å². The molecule has 6 atom stereocenters. The fraction of sp³-hybridized carbons (Fsp3) is 0.826. The van der Waals surface area contributed by atoms with Crippen LogP contribution < -0.4 is 10.6 Å². The van der Waals surface area contributed by atoms with Gasteiger partial charge in [0, 0.05) is 37.8 Å². The van der Waals surface area contributed by atoms with Crippen molar-refractivity contribution in [3.8, 4) is 0 Å². The van der Waals surface area contributed by atoms with Crippen LogP contribution in [0.15, 0.2) is 0 Å². The number of nitrogens with one attached hydrogen (secondary N) is 2. The summed E-state index contributed by atoms with van der Waals surface area (Å²) in [5.41, 5.74) is 8.25. The molecule has 3 N–H and O–H groups in total. The van der Waals surface area contributed by atoms with E-state index in [4.69, 9.17) is 10.6 Å². The van der Waals surface area contributed by atoms with E-state index < -0.39 is 5.97 Å². The monoisotopic (exact) mass is 494 g/mol. The molecule has 0 aromatic heterocycles. The summed E-state index contributed by atoms with van der Waals surface area (Å²) in [6.07, 6.45) is 3.99. The Labute approximate surface area is 208 Å². The van der Waals surface area contributed by atoms with Crippen molar-refractivity contribution in [3.05, 3.63) is 5.53 Å². The third-order valence-corrected chi connectivity index (χ3v) is 7.69. The number of fused-ring (bicyclic) bond motifs is 1. The van der Waals surface area contributed by atoms with Crippen LogP contribution in [0.5, 0.6) is 0 Å². The maximum Gasteiger partial charge on any atom is 0.324 e. The van der Waals surface area contributed by atoms with E-state index >= 15 is 0 Å². The highest BCUT2D eigenvalue weighted by atomic mass is 16.4. The first-order valence-electron chi connectivity index (χ1n) is 12.2. The number of likely N-dealkylation sites (N-methyl/N-ethyl adjacent to an activating group) is 6. The molecule has 0 spiro atoms. The van der Waals surface area contributed by atoms with E-state index in [1.165, 1.54) is 0 Å². The van der Waals surface area contributed by atoms with Gasteiger partial charge in [0.2, 0.25) is 0 Å². The van der Waals surface area contributed by atoms with Gasteiger partial charge in [0.1, 0.15) is 6.04 Å². The smallest absolute Gasteiger partial charge is 0.324 e. The van der Waals surface area contributed by atoms with Gasteiger partial charge in [-0.15, -0.1) is 0 Å². The van der Waals surface area contributed by atoms with Crippen molar-refractivity contribution >= 4 is 23.8 Å². The maximum atomic E-state index is 11.4. The van der Waals surface area contributed by atoms with Gasteiger partial charge in [0.05, 0.1) is 18.6 Å². The molecule has 4 heterocycles. The van der Waals surface area contributed by atoms with Crippen molar-refractivity contribution in [2.24, 2.45) is 0 Å². The average Bonchev–Trinajstić information content (AvgIpc) is 3.55. The van der Waals surface area contributed by atoms with Crippen LogP contribution in [0.3, 0.4) is 0 Å². The summed E-state index contributed by atoms with van der Waals surface area (Å²) in [4.78, 5) is 44.5. The normalized spacial score (nSPS) is 33.4. The van der Waals surface area contributed by atoms with Crippen molar-refractivity contribution in [1.82, 2.24) is 30.2 Å². The predicted octanol–water partition coefficient (Wildman–Crippen LogP) is -1.92. The largest absolute Gasteiger partial charge is 0.480 e. The molecule has 12 nitrogen and oxygen atoms in total. The molecule has 6 unspecified atom stereocenters. The number of carboxylic acid groups (broad SMARTS) is 1. The molecular weight excluding hydrogens is 452 g/mol. The molecule has 0 aliphatic carbocycles. The molecule has 0 aromatic carbocycles. The lowest BCUT2D eigenvalue weighted by molar-refractivity contribution is -0.142. The molecule has 0 aromatic rings. The predicted molar refractivity (Wildman–Crippen MR) is 133 cm³/mol. The number of nitrogens with zero attached hydrogens (tertiary/aromatic N) is 6. The van der Waals surface area contributed by atoms with E-state index in [0.29, 0.717) is 18.4 Å². The number of ketones is 2. The molecule has 4 aliphatic rings. The Kier molecular flexibility index (Phi) is 11.1. The summed E-state index contributed by atoms with van der Waals surface area (Å²) >= 11 is 0. The highest BCUT2D eigenvalue weighted by Crippen LogP contribution is 2.26. The van der Waals surface area contributed by atoms with Crippen LogP contribution in [0.2, 0.25) is 0 Å². The van der Waals surface area contributed by atoms with Gasteiger partial charge < -0.3 is 21.3 Å². The number of likely N-dealkylation sites (tertiary alicyclic amines) is 4. The topological polar surface area (TPSA) is 145 Å². The molecule has 0 saturated carbocycles. The first-order chi connectivity index (χ1) is 16.6. The van der Waals surface area contributed by atoms with Crippen LogP contribution in [0.25, 0.3) is 5.53 Å².